The zero-order valence-corrected chi connectivity index (χ0v) is 18.8. The van der Waals surface area contributed by atoms with Crippen molar-refractivity contribution in [1.29, 1.82) is 0 Å². The van der Waals surface area contributed by atoms with Gasteiger partial charge in [0.1, 0.15) is 5.60 Å². The first-order valence-electron chi connectivity index (χ1n) is 11.6. The Bertz CT molecular complexity index is 734. The van der Waals surface area contributed by atoms with Crippen LogP contribution in [0.4, 0.5) is 0 Å². The Balaban J connectivity index is 1.73. The summed E-state index contributed by atoms with van der Waals surface area (Å²) >= 11 is 0. The van der Waals surface area contributed by atoms with Crippen molar-refractivity contribution in [2.75, 3.05) is 0 Å². The highest BCUT2D eigenvalue weighted by Crippen LogP contribution is 2.55. The number of nitrogens with two attached hydrogens (primary N) is 1. The van der Waals surface area contributed by atoms with Crippen LogP contribution in [-0.2, 0) is 19.2 Å². The highest BCUT2D eigenvalue weighted by atomic mass is 16.7. The van der Waals surface area contributed by atoms with Crippen LogP contribution in [0.2, 0.25) is 0 Å². The van der Waals surface area contributed by atoms with Crippen molar-refractivity contribution in [2.24, 2.45) is 35.5 Å². The van der Waals surface area contributed by atoms with E-state index in [1.54, 1.807) is 0 Å². The fourth-order valence-electron chi connectivity index (χ4n) is 5.99. The molecule has 0 radical (unpaired) electrons. The molecule has 0 aromatic carbocycles. The summed E-state index contributed by atoms with van der Waals surface area (Å²) in [6.07, 6.45) is 8.46. The van der Waals surface area contributed by atoms with E-state index in [2.05, 4.69) is 36.9 Å². The molecule has 4 N–H and O–H groups in total. The van der Waals surface area contributed by atoms with Crippen molar-refractivity contribution in [2.45, 2.75) is 83.5 Å². The Labute approximate surface area is 184 Å². The number of aliphatic hydroxyl groups excluding tert-OH is 2. The Morgan fingerprint density at radius 1 is 1.32 bits per heavy atom. The van der Waals surface area contributed by atoms with Crippen LogP contribution in [-0.4, -0.2) is 40.0 Å². The highest BCUT2D eigenvalue weighted by Gasteiger charge is 2.56. The van der Waals surface area contributed by atoms with Crippen LogP contribution in [0.25, 0.3) is 0 Å². The third kappa shape index (κ3) is 5.21. The first-order valence-corrected chi connectivity index (χ1v) is 11.6. The van der Waals surface area contributed by atoms with Gasteiger partial charge in [-0.3, -0.25) is 9.59 Å². The summed E-state index contributed by atoms with van der Waals surface area (Å²) in [5.41, 5.74) is 0.770. The van der Waals surface area contributed by atoms with Crippen molar-refractivity contribution in [1.82, 2.24) is 0 Å². The topological polar surface area (TPSA) is 119 Å². The van der Waals surface area contributed by atoms with E-state index < -0.39 is 23.8 Å². The molecule has 0 amide bonds. The number of aliphatic hydroxyl groups is 2. The minimum Gasteiger partial charge on any atom is -0.458 e. The molecule has 0 saturated carbocycles. The lowest BCUT2D eigenvalue weighted by atomic mass is 9.58. The third-order valence-corrected chi connectivity index (χ3v) is 7.40. The predicted molar refractivity (Wildman–Crippen MR) is 115 cm³/mol. The Morgan fingerprint density at radius 2 is 2.06 bits per heavy atom. The standard InChI is InChI=1S/C24H37NO6/c1-4-16-13-24(30-23(16)29)12-14(2)9-17-6-5-15(3)20(22(17)24)8-7-18(26)10-19(27)11-21(28)31-25/h5-6,9,14-16,18-20,22,26-27H,4,7-8,10-13,25H2,1-3H3/t14-,15-,16+,18?,19-,20-,22-,24+/m0/s1. The van der Waals surface area contributed by atoms with Crippen molar-refractivity contribution < 1.29 is 29.4 Å². The molecule has 1 unspecified atom stereocenters. The summed E-state index contributed by atoms with van der Waals surface area (Å²) in [6.45, 7) is 6.39. The quantitative estimate of drug-likeness (QED) is 0.396. The largest absolute Gasteiger partial charge is 0.458 e. The average Bonchev–Trinajstić information content (AvgIpc) is 3.02. The van der Waals surface area contributed by atoms with Crippen LogP contribution in [0.5, 0.6) is 0 Å². The zero-order chi connectivity index (χ0) is 22.8. The van der Waals surface area contributed by atoms with Crippen molar-refractivity contribution >= 4 is 11.9 Å². The number of esters is 1. The number of rotatable bonds is 8. The normalized spacial score (nSPS) is 36.5. The van der Waals surface area contributed by atoms with Crippen LogP contribution in [0.3, 0.4) is 0 Å². The number of ether oxygens (including phenoxy) is 1. The fourth-order valence-corrected chi connectivity index (χ4v) is 5.99. The fraction of sp³-hybridized carbons (Fsp3) is 0.750. The summed E-state index contributed by atoms with van der Waals surface area (Å²) in [4.78, 5) is 27.9. The molecule has 0 aromatic rings. The molecule has 3 rings (SSSR count). The van der Waals surface area contributed by atoms with Crippen LogP contribution in [0, 0.1) is 29.6 Å². The number of carbonyl (C=O) groups excluding carboxylic acids is 2. The van der Waals surface area contributed by atoms with E-state index in [0.717, 1.165) is 25.7 Å². The van der Waals surface area contributed by atoms with Crippen LogP contribution in [0.15, 0.2) is 23.8 Å². The molecule has 1 aliphatic heterocycles. The molecule has 0 aromatic heterocycles. The van der Waals surface area contributed by atoms with Gasteiger partial charge in [0.05, 0.1) is 24.5 Å². The van der Waals surface area contributed by atoms with E-state index in [1.165, 1.54) is 5.57 Å². The second kappa shape index (κ2) is 9.84. The molecule has 7 nitrogen and oxygen atoms in total. The van der Waals surface area contributed by atoms with E-state index in [4.69, 9.17) is 10.6 Å². The molecular weight excluding hydrogens is 398 g/mol. The summed E-state index contributed by atoms with van der Waals surface area (Å²) in [6, 6.07) is 0. The van der Waals surface area contributed by atoms with E-state index in [-0.39, 0.29) is 42.5 Å². The molecule has 7 heteroatoms. The van der Waals surface area contributed by atoms with Gasteiger partial charge in [0, 0.05) is 12.3 Å². The van der Waals surface area contributed by atoms with E-state index in [1.807, 2.05) is 6.92 Å². The summed E-state index contributed by atoms with van der Waals surface area (Å²) in [5.74, 6) is 4.97. The molecular formula is C24H37NO6. The molecule has 1 heterocycles. The zero-order valence-electron chi connectivity index (χ0n) is 18.8. The number of allylic oxidation sites excluding steroid dienone is 3. The Kier molecular flexibility index (Phi) is 7.60. The summed E-state index contributed by atoms with van der Waals surface area (Å²) < 4.78 is 6.16. The number of hydrogen-bond donors (Lipinski definition) is 3. The van der Waals surface area contributed by atoms with Crippen molar-refractivity contribution in [3.8, 4) is 0 Å². The molecule has 1 fully saturated rings. The minimum absolute atomic E-state index is 0.0450. The first-order chi connectivity index (χ1) is 14.7. The predicted octanol–water partition coefficient (Wildman–Crippen LogP) is 2.80. The Hall–Kier alpha value is -1.70. The van der Waals surface area contributed by atoms with Gasteiger partial charge >= 0.3 is 11.9 Å². The average molecular weight is 436 g/mol. The SMILES string of the molecule is CC[C@@H]1C[C@@]2(C[C@@H](C)C=C3C=C[C@H](C)[C@H](CCC(O)C[C@H](O)CC(=O)ON)[C@H]32)OC1=O. The minimum atomic E-state index is -0.992. The second-order valence-electron chi connectivity index (χ2n) is 9.82. The van der Waals surface area contributed by atoms with E-state index in [9.17, 15) is 19.8 Å². The number of hydrogen-bond acceptors (Lipinski definition) is 7. The van der Waals surface area contributed by atoms with Crippen molar-refractivity contribution in [3.05, 3.63) is 23.8 Å². The van der Waals surface area contributed by atoms with Gasteiger partial charge in [-0.05, 0) is 55.4 Å². The lowest BCUT2D eigenvalue weighted by Gasteiger charge is -2.49. The smallest absolute Gasteiger partial charge is 0.327 e. The molecule has 0 bridgehead atoms. The molecule has 2 aliphatic carbocycles. The summed E-state index contributed by atoms with van der Waals surface area (Å²) in [5, 5.41) is 20.5. The molecule has 1 spiro atoms. The van der Waals surface area contributed by atoms with E-state index in [0.29, 0.717) is 12.3 Å². The highest BCUT2D eigenvalue weighted by molar-refractivity contribution is 5.75. The lowest BCUT2D eigenvalue weighted by molar-refractivity contribution is -0.158. The van der Waals surface area contributed by atoms with Gasteiger partial charge in [0.15, 0.2) is 0 Å². The maximum absolute atomic E-state index is 12.6. The molecule has 174 valence electrons. The number of carbonyl (C=O) groups is 2. The second-order valence-corrected chi connectivity index (χ2v) is 9.82. The molecule has 8 atom stereocenters. The third-order valence-electron chi connectivity index (χ3n) is 7.40. The van der Waals surface area contributed by atoms with Crippen LogP contribution >= 0.6 is 0 Å². The maximum Gasteiger partial charge on any atom is 0.327 e. The van der Waals surface area contributed by atoms with Gasteiger partial charge in [-0.2, -0.15) is 5.90 Å². The Morgan fingerprint density at radius 3 is 2.71 bits per heavy atom. The van der Waals surface area contributed by atoms with Gasteiger partial charge in [-0.15, -0.1) is 0 Å². The summed E-state index contributed by atoms with van der Waals surface area (Å²) in [7, 11) is 0. The first kappa shape index (κ1) is 24.0. The molecule has 31 heavy (non-hydrogen) atoms. The van der Waals surface area contributed by atoms with Gasteiger partial charge in [0.2, 0.25) is 0 Å². The number of fused-ring (bicyclic) bond motifs is 2. The van der Waals surface area contributed by atoms with Crippen LogP contribution < -0.4 is 5.90 Å². The molecule has 1 saturated heterocycles. The van der Waals surface area contributed by atoms with Crippen LogP contribution in [0.1, 0.15) is 65.7 Å². The van der Waals surface area contributed by atoms with Gasteiger partial charge in [0.25, 0.3) is 0 Å². The van der Waals surface area contributed by atoms with Gasteiger partial charge < -0.3 is 19.8 Å². The lowest BCUT2D eigenvalue weighted by Crippen LogP contribution is -2.49. The monoisotopic (exact) mass is 435 g/mol. The van der Waals surface area contributed by atoms with E-state index >= 15 is 0 Å². The maximum atomic E-state index is 12.6. The molecule has 3 aliphatic rings. The van der Waals surface area contributed by atoms with Gasteiger partial charge in [-0.1, -0.05) is 39.0 Å². The van der Waals surface area contributed by atoms with Gasteiger partial charge in [-0.25, -0.2) is 0 Å². The van der Waals surface area contributed by atoms with Crippen molar-refractivity contribution in [3.63, 3.8) is 0 Å².